The molecule has 3 fully saturated rings. The average molecular weight is 429 g/mol. The lowest BCUT2D eigenvalue weighted by molar-refractivity contribution is -0.111. The van der Waals surface area contributed by atoms with Crippen LogP contribution in [0.4, 0.5) is 0 Å². The molecule has 0 amide bonds. The first kappa shape index (κ1) is 23.6. The predicted octanol–water partition coefficient (Wildman–Crippen LogP) is 6.92. The highest BCUT2D eigenvalue weighted by Crippen LogP contribution is 2.68. The quantitative estimate of drug-likeness (QED) is 0.477. The predicted molar refractivity (Wildman–Crippen MR) is 130 cm³/mol. The summed E-state index contributed by atoms with van der Waals surface area (Å²) in [5.74, 6) is 3.15. The summed E-state index contributed by atoms with van der Waals surface area (Å²) < 4.78 is 0. The number of aliphatic hydroxyl groups excluding tert-OH is 2. The third-order valence-electron chi connectivity index (χ3n) is 10.9. The summed E-state index contributed by atoms with van der Waals surface area (Å²) in [5, 5.41) is 22.2. The van der Waals surface area contributed by atoms with Gasteiger partial charge in [0.25, 0.3) is 0 Å². The molecule has 0 heterocycles. The number of hydrogen-bond acceptors (Lipinski definition) is 2. The van der Waals surface area contributed by atoms with Gasteiger partial charge in [-0.3, -0.25) is 0 Å². The SMILES string of the molecule is CC(C)=CCC[C@@H](C)[C@H]1CC[C@H]2[C@@H]3[C@@H](O)C=C4C(C)(C)[C@H](O)CC[C@]4(C)[C@H]3CC[C@]12C. The van der Waals surface area contributed by atoms with Gasteiger partial charge in [-0.25, -0.2) is 0 Å². The van der Waals surface area contributed by atoms with Crippen molar-refractivity contribution in [2.75, 3.05) is 0 Å². The highest BCUT2D eigenvalue weighted by Gasteiger charge is 2.63. The molecule has 0 aliphatic heterocycles. The molecule has 4 aliphatic carbocycles. The lowest BCUT2D eigenvalue weighted by atomic mass is 9.43. The van der Waals surface area contributed by atoms with Crippen molar-refractivity contribution < 1.29 is 10.2 Å². The standard InChI is InChI=1S/C29H48O2/c1-18(2)9-8-10-19(3)20-11-12-21-26-22(13-15-28(20,21)6)29(7)16-14-25(31)27(4,5)24(29)17-23(26)30/h9,17,19-23,25-26,30-31H,8,10-16H2,1-7H3/t19-,20-,21+,22+,23+,25-,26+,28-,29-/m1/s1. The van der Waals surface area contributed by atoms with E-state index in [-0.39, 0.29) is 23.0 Å². The van der Waals surface area contributed by atoms with E-state index in [1.807, 2.05) is 0 Å². The van der Waals surface area contributed by atoms with Crippen molar-refractivity contribution in [3.8, 4) is 0 Å². The van der Waals surface area contributed by atoms with Crippen molar-refractivity contribution in [1.82, 2.24) is 0 Å². The zero-order chi connectivity index (χ0) is 22.8. The Kier molecular flexibility index (Phi) is 6.09. The highest BCUT2D eigenvalue weighted by molar-refractivity contribution is 5.33. The molecule has 2 N–H and O–H groups in total. The monoisotopic (exact) mass is 428 g/mol. The molecule has 31 heavy (non-hydrogen) atoms. The molecule has 0 saturated heterocycles. The first-order chi connectivity index (χ1) is 14.4. The molecular formula is C29H48O2. The van der Waals surface area contributed by atoms with E-state index >= 15 is 0 Å². The van der Waals surface area contributed by atoms with Crippen molar-refractivity contribution in [2.45, 2.75) is 112 Å². The van der Waals surface area contributed by atoms with Gasteiger partial charge in [0.05, 0.1) is 12.2 Å². The van der Waals surface area contributed by atoms with Crippen LogP contribution in [-0.4, -0.2) is 22.4 Å². The summed E-state index contributed by atoms with van der Waals surface area (Å²) in [6, 6.07) is 0. The van der Waals surface area contributed by atoms with Gasteiger partial charge in [-0.2, -0.15) is 0 Å². The summed E-state index contributed by atoms with van der Waals surface area (Å²) in [6.45, 7) is 16.3. The van der Waals surface area contributed by atoms with Gasteiger partial charge in [0.2, 0.25) is 0 Å². The Balaban J connectivity index is 1.61. The first-order valence-corrected chi connectivity index (χ1v) is 13.1. The van der Waals surface area contributed by atoms with Crippen LogP contribution in [0.15, 0.2) is 23.3 Å². The van der Waals surface area contributed by atoms with Crippen LogP contribution >= 0.6 is 0 Å². The summed E-state index contributed by atoms with van der Waals surface area (Å²) in [4.78, 5) is 0. The van der Waals surface area contributed by atoms with Crippen molar-refractivity contribution in [3.63, 3.8) is 0 Å². The fourth-order valence-corrected chi connectivity index (χ4v) is 9.15. The fourth-order valence-electron chi connectivity index (χ4n) is 9.15. The Labute approximate surface area is 191 Å². The fraction of sp³-hybridized carbons (Fsp3) is 0.862. The van der Waals surface area contributed by atoms with E-state index in [0.717, 1.165) is 24.7 Å². The average Bonchev–Trinajstić information content (AvgIpc) is 3.04. The van der Waals surface area contributed by atoms with Gasteiger partial charge >= 0.3 is 0 Å². The van der Waals surface area contributed by atoms with Crippen LogP contribution in [0.2, 0.25) is 0 Å². The van der Waals surface area contributed by atoms with Crippen molar-refractivity contribution in [1.29, 1.82) is 0 Å². The molecule has 0 aromatic carbocycles. The third kappa shape index (κ3) is 3.59. The number of hydrogen-bond donors (Lipinski definition) is 2. The number of aliphatic hydroxyl groups is 2. The largest absolute Gasteiger partial charge is 0.392 e. The minimum absolute atomic E-state index is 0.140. The highest BCUT2D eigenvalue weighted by atomic mass is 16.3. The molecule has 0 unspecified atom stereocenters. The maximum Gasteiger partial charge on any atom is 0.0757 e. The van der Waals surface area contributed by atoms with Crippen LogP contribution in [-0.2, 0) is 0 Å². The molecule has 9 atom stereocenters. The second kappa shape index (κ2) is 8.01. The summed E-state index contributed by atoms with van der Waals surface area (Å²) in [7, 11) is 0. The normalized spacial score (nSPS) is 46.9. The molecule has 0 spiro atoms. The molecular weight excluding hydrogens is 380 g/mol. The van der Waals surface area contributed by atoms with Crippen molar-refractivity contribution in [3.05, 3.63) is 23.3 Å². The lowest BCUT2D eigenvalue weighted by Crippen LogP contribution is -2.58. The molecule has 0 radical (unpaired) electrons. The zero-order valence-corrected chi connectivity index (χ0v) is 21.2. The van der Waals surface area contributed by atoms with Gasteiger partial charge in [0.1, 0.15) is 0 Å². The molecule has 0 aromatic rings. The maximum atomic E-state index is 11.5. The van der Waals surface area contributed by atoms with Crippen LogP contribution < -0.4 is 0 Å². The van der Waals surface area contributed by atoms with Gasteiger partial charge in [0, 0.05) is 5.41 Å². The minimum Gasteiger partial charge on any atom is -0.392 e. The van der Waals surface area contributed by atoms with Crippen LogP contribution in [0.3, 0.4) is 0 Å². The van der Waals surface area contributed by atoms with Gasteiger partial charge in [-0.15, -0.1) is 0 Å². The Morgan fingerprint density at radius 3 is 2.42 bits per heavy atom. The number of allylic oxidation sites excluding steroid dienone is 2. The van der Waals surface area contributed by atoms with Gasteiger partial charge < -0.3 is 10.2 Å². The maximum absolute atomic E-state index is 11.5. The molecule has 176 valence electrons. The number of rotatable bonds is 4. The van der Waals surface area contributed by atoms with E-state index < -0.39 is 0 Å². The van der Waals surface area contributed by atoms with Gasteiger partial charge in [-0.1, -0.05) is 57.9 Å². The Morgan fingerprint density at radius 2 is 1.74 bits per heavy atom. The molecule has 3 saturated carbocycles. The first-order valence-electron chi connectivity index (χ1n) is 13.1. The molecule has 2 nitrogen and oxygen atoms in total. The smallest absolute Gasteiger partial charge is 0.0757 e. The summed E-state index contributed by atoms with van der Waals surface area (Å²) in [6.07, 6.45) is 13.6. The zero-order valence-electron chi connectivity index (χ0n) is 21.2. The molecule has 0 aromatic heterocycles. The van der Waals surface area contributed by atoms with Crippen molar-refractivity contribution >= 4 is 0 Å². The Morgan fingerprint density at radius 1 is 1.03 bits per heavy atom. The molecule has 4 rings (SSSR count). The van der Waals surface area contributed by atoms with Gasteiger partial charge in [-0.05, 0) is 106 Å². The van der Waals surface area contributed by atoms with Crippen LogP contribution in [0.25, 0.3) is 0 Å². The van der Waals surface area contributed by atoms with Crippen LogP contribution in [0.1, 0.15) is 99.8 Å². The van der Waals surface area contributed by atoms with E-state index in [1.54, 1.807) is 0 Å². The minimum atomic E-state index is -0.345. The molecule has 2 heteroatoms. The third-order valence-corrected chi connectivity index (χ3v) is 10.9. The van der Waals surface area contributed by atoms with Crippen molar-refractivity contribution in [2.24, 2.45) is 45.8 Å². The van der Waals surface area contributed by atoms with Crippen LogP contribution in [0, 0.1) is 45.8 Å². The van der Waals surface area contributed by atoms with E-state index in [9.17, 15) is 10.2 Å². The lowest BCUT2D eigenvalue weighted by Gasteiger charge is -2.62. The summed E-state index contributed by atoms with van der Waals surface area (Å²) in [5.41, 5.74) is 3.07. The van der Waals surface area contributed by atoms with Gasteiger partial charge in [0.15, 0.2) is 0 Å². The van der Waals surface area contributed by atoms with E-state index in [1.165, 1.54) is 49.7 Å². The Bertz CT molecular complexity index is 744. The second-order valence-corrected chi connectivity index (χ2v) is 13.1. The van der Waals surface area contributed by atoms with E-state index in [2.05, 4.69) is 60.6 Å². The topological polar surface area (TPSA) is 40.5 Å². The second-order valence-electron chi connectivity index (χ2n) is 13.1. The molecule has 4 aliphatic rings. The summed E-state index contributed by atoms with van der Waals surface area (Å²) >= 11 is 0. The number of fused-ring (bicyclic) bond motifs is 5. The Hall–Kier alpha value is -0.600. The van der Waals surface area contributed by atoms with E-state index in [0.29, 0.717) is 23.2 Å². The van der Waals surface area contributed by atoms with Crippen LogP contribution in [0.5, 0.6) is 0 Å². The molecule has 0 bridgehead atoms. The van der Waals surface area contributed by atoms with E-state index in [4.69, 9.17) is 0 Å².